The smallest absolute Gasteiger partial charge is 0.404 e. The third kappa shape index (κ3) is 7.73. The normalized spacial score (nSPS) is 14.5. The van der Waals surface area contributed by atoms with E-state index in [0.29, 0.717) is 12.8 Å². The second-order valence-electron chi connectivity index (χ2n) is 8.98. The second kappa shape index (κ2) is 11.8. The van der Waals surface area contributed by atoms with Gasteiger partial charge in [0, 0.05) is 18.7 Å². The topological polar surface area (TPSA) is 166 Å². The molecule has 6 N–H and O–H groups in total. The molecule has 2 aromatic carbocycles. The van der Waals surface area contributed by atoms with Gasteiger partial charge in [-0.05, 0) is 42.0 Å². The van der Waals surface area contributed by atoms with E-state index in [1.165, 1.54) is 18.2 Å². The van der Waals surface area contributed by atoms with Gasteiger partial charge in [0.1, 0.15) is 11.5 Å². The Morgan fingerprint density at radius 2 is 1.85 bits per heavy atom. The highest BCUT2D eigenvalue weighted by Gasteiger charge is 2.39. The van der Waals surface area contributed by atoms with Crippen LogP contribution >= 0.6 is 0 Å². The Kier molecular flexibility index (Phi) is 9.44. The molecule has 1 amide bonds. The summed E-state index contributed by atoms with van der Waals surface area (Å²) in [6, 6.07) is 15.6. The molecule has 9 nitrogen and oxygen atoms in total. The number of sulfone groups is 1. The first kappa shape index (κ1) is 27.1. The highest BCUT2D eigenvalue weighted by Crippen LogP contribution is 2.25. The van der Waals surface area contributed by atoms with Crippen LogP contribution in [0.1, 0.15) is 32.3 Å². The van der Waals surface area contributed by atoms with Crippen LogP contribution in [0.3, 0.4) is 0 Å². The molecule has 0 spiro atoms. The zero-order valence-corrected chi connectivity index (χ0v) is 20.1. The predicted octanol–water partition coefficient (Wildman–Crippen LogP) is 2.53. The van der Waals surface area contributed by atoms with Crippen LogP contribution in [0.5, 0.6) is 0 Å². The summed E-state index contributed by atoms with van der Waals surface area (Å²) in [6.45, 7) is 3.93. The van der Waals surface area contributed by atoms with Crippen LogP contribution in [0.25, 0.3) is 0 Å². The van der Waals surface area contributed by atoms with Gasteiger partial charge in [-0.25, -0.2) is 13.2 Å². The molecule has 0 aliphatic rings. The van der Waals surface area contributed by atoms with Gasteiger partial charge in [-0.1, -0.05) is 50.2 Å². The van der Waals surface area contributed by atoms with Gasteiger partial charge < -0.3 is 21.3 Å². The van der Waals surface area contributed by atoms with Crippen molar-refractivity contribution in [1.82, 2.24) is 10.6 Å². The molecular formula is C24H32N4O5S. The van der Waals surface area contributed by atoms with E-state index < -0.39 is 38.9 Å². The molecule has 0 saturated carbocycles. The van der Waals surface area contributed by atoms with Crippen molar-refractivity contribution in [2.45, 2.75) is 55.5 Å². The highest BCUT2D eigenvalue weighted by molar-refractivity contribution is 7.92. The largest absolute Gasteiger partial charge is 0.465 e. The summed E-state index contributed by atoms with van der Waals surface area (Å²) in [6.07, 6.45) is -2.13. The summed E-state index contributed by atoms with van der Waals surface area (Å²) in [5.41, 5.74) is 6.31. The Morgan fingerprint density at radius 3 is 2.44 bits per heavy atom. The number of nitriles is 1. The van der Waals surface area contributed by atoms with Crippen LogP contribution in [-0.2, 0) is 16.3 Å². The lowest BCUT2D eigenvalue weighted by molar-refractivity contribution is 0.102. The fraction of sp³-hybridized carbons (Fsp3) is 0.417. The average Bonchev–Trinajstić information content (AvgIpc) is 2.77. The third-order valence-corrected chi connectivity index (χ3v) is 7.57. The van der Waals surface area contributed by atoms with E-state index in [1.54, 1.807) is 36.4 Å². The number of aliphatic hydroxyl groups excluding tert-OH is 1. The number of amides is 1. The molecule has 0 aliphatic heterocycles. The zero-order valence-electron chi connectivity index (χ0n) is 19.3. The highest BCUT2D eigenvalue weighted by atomic mass is 32.2. The van der Waals surface area contributed by atoms with Crippen molar-refractivity contribution in [2.75, 3.05) is 12.3 Å². The van der Waals surface area contributed by atoms with E-state index in [4.69, 9.17) is 11.0 Å². The number of aliphatic hydroxyl groups is 1. The van der Waals surface area contributed by atoms with Gasteiger partial charge in [0.2, 0.25) is 0 Å². The van der Waals surface area contributed by atoms with Crippen molar-refractivity contribution in [2.24, 2.45) is 5.41 Å². The van der Waals surface area contributed by atoms with E-state index in [1.807, 2.05) is 13.8 Å². The first-order valence-corrected chi connectivity index (χ1v) is 12.4. The number of nitrogen functional groups attached to an aromatic ring is 1. The summed E-state index contributed by atoms with van der Waals surface area (Å²) >= 11 is 0. The van der Waals surface area contributed by atoms with Crippen molar-refractivity contribution in [1.29, 1.82) is 5.26 Å². The maximum atomic E-state index is 13.6. The molecule has 0 aromatic heterocycles. The lowest BCUT2D eigenvalue weighted by atomic mass is 9.88. The number of carboxylic acid groups (broad SMARTS) is 1. The van der Waals surface area contributed by atoms with Crippen molar-refractivity contribution < 1.29 is 23.4 Å². The third-order valence-electron chi connectivity index (χ3n) is 5.55. The minimum Gasteiger partial charge on any atom is -0.465 e. The predicted molar refractivity (Wildman–Crippen MR) is 130 cm³/mol. The number of anilines is 1. The van der Waals surface area contributed by atoms with Crippen molar-refractivity contribution in [3.8, 4) is 6.07 Å². The standard InChI is InChI=1S/C24H32N4O5S/c1-24(2,12-7-13-25)16-27-22(34(32,33)19-11-6-10-18(26)15-19)21(29)20(28-23(30)31)14-17-8-4-3-5-9-17/h3-6,8-11,15,20-22,27-29H,7,12,14,16,26H2,1-2H3,(H,30,31)/t20-,21+,22?/m0/s1. The van der Waals surface area contributed by atoms with Crippen molar-refractivity contribution in [3.63, 3.8) is 0 Å². The second-order valence-corrected chi connectivity index (χ2v) is 11.0. The molecule has 3 atom stereocenters. The zero-order chi connectivity index (χ0) is 25.4. The van der Waals surface area contributed by atoms with Gasteiger partial charge in [0.15, 0.2) is 9.84 Å². The Bertz CT molecular complexity index is 1100. The average molecular weight is 489 g/mol. The van der Waals surface area contributed by atoms with Crippen LogP contribution in [-0.4, -0.2) is 48.8 Å². The summed E-state index contributed by atoms with van der Waals surface area (Å²) in [5.74, 6) is 0. The molecule has 2 aromatic rings. The van der Waals surface area contributed by atoms with Crippen LogP contribution < -0.4 is 16.4 Å². The minimum absolute atomic E-state index is 0.0801. The first-order valence-electron chi connectivity index (χ1n) is 10.9. The van der Waals surface area contributed by atoms with E-state index in [-0.39, 0.29) is 23.5 Å². The number of nitrogens with zero attached hydrogens (tertiary/aromatic N) is 1. The fourth-order valence-corrected chi connectivity index (χ4v) is 5.33. The van der Waals surface area contributed by atoms with E-state index >= 15 is 0 Å². The summed E-state index contributed by atoms with van der Waals surface area (Å²) in [7, 11) is -4.18. The van der Waals surface area contributed by atoms with Gasteiger partial charge >= 0.3 is 6.09 Å². The number of benzene rings is 2. The molecule has 0 radical (unpaired) electrons. The summed E-state index contributed by atoms with van der Waals surface area (Å²) < 4.78 is 27.2. The lowest BCUT2D eigenvalue weighted by Crippen LogP contribution is -2.57. The molecule has 34 heavy (non-hydrogen) atoms. The first-order chi connectivity index (χ1) is 16.0. The molecular weight excluding hydrogens is 456 g/mol. The molecule has 0 heterocycles. The van der Waals surface area contributed by atoms with Gasteiger partial charge in [-0.3, -0.25) is 5.32 Å². The summed E-state index contributed by atoms with van der Waals surface area (Å²) in [4.78, 5) is 11.4. The van der Waals surface area contributed by atoms with Gasteiger partial charge in [0.25, 0.3) is 0 Å². The van der Waals surface area contributed by atoms with Crippen LogP contribution in [0.15, 0.2) is 59.5 Å². The van der Waals surface area contributed by atoms with Crippen molar-refractivity contribution >= 4 is 21.6 Å². The molecule has 0 bridgehead atoms. The lowest BCUT2D eigenvalue weighted by Gasteiger charge is -2.33. The van der Waals surface area contributed by atoms with Crippen LogP contribution in [0.2, 0.25) is 0 Å². The maximum Gasteiger partial charge on any atom is 0.404 e. The van der Waals surface area contributed by atoms with Crippen molar-refractivity contribution in [3.05, 3.63) is 60.2 Å². The van der Waals surface area contributed by atoms with E-state index in [2.05, 4.69) is 16.7 Å². The Morgan fingerprint density at radius 1 is 1.18 bits per heavy atom. The number of rotatable bonds is 12. The maximum absolute atomic E-state index is 13.6. The number of hydrogen-bond acceptors (Lipinski definition) is 7. The number of carbonyl (C=O) groups is 1. The number of hydrogen-bond donors (Lipinski definition) is 5. The summed E-state index contributed by atoms with van der Waals surface area (Å²) in [5, 5.41) is 33.2. The van der Waals surface area contributed by atoms with Crippen LogP contribution in [0, 0.1) is 16.7 Å². The van der Waals surface area contributed by atoms with E-state index in [9.17, 15) is 23.4 Å². The molecule has 0 saturated heterocycles. The monoisotopic (exact) mass is 488 g/mol. The molecule has 2 rings (SSSR count). The molecule has 0 aliphatic carbocycles. The Hall–Kier alpha value is -3.13. The molecule has 1 unspecified atom stereocenters. The Balaban J connectivity index is 2.44. The van der Waals surface area contributed by atoms with Crippen LogP contribution in [0.4, 0.5) is 10.5 Å². The van der Waals surface area contributed by atoms with Gasteiger partial charge in [-0.15, -0.1) is 0 Å². The molecule has 10 heteroatoms. The SMILES string of the molecule is CC(C)(CCC#N)CNC([C@H](O)[C@H](Cc1ccccc1)NC(=O)O)S(=O)(=O)c1cccc(N)c1. The quantitative estimate of drug-likeness (QED) is 0.284. The molecule has 0 fully saturated rings. The fourth-order valence-electron chi connectivity index (χ4n) is 3.61. The molecule has 184 valence electrons. The van der Waals surface area contributed by atoms with Gasteiger partial charge in [0.05, 0.1) is 17.0 Å². The van der Waals surface area contributed by atoms with Gasteiger partial charge in [-0.2, -0.15) is 5.26 Å². The number of nitrogens with one attached hydrogen (secondary N) is 2. The number of nitrogens with two attached hydrogens (primary N) is 1. The Labute approximate surface area is 200 Å². The minimum atomic E-state index is -4.18. The van der Waals surface area contributed by atoms with E-state index in [0.717, 1.165) is 5.56 Å².